The van der Waals surface area contributed by atoms with Crippen LogP contribution < -0.4 is 10.0 Å². The SMILES string of the molecule is O=C(Nc1ccc(F)cc1C(=O)O)c1ccc(S(=O)(=O)Nc2ccccc2Cl)cc1. The minimum Gasteiger partial charge on any atom is -0.478 e. The van der Waals surface area contributed by atoms with Crippen LogP contribution in [-0.4, -0.2) is 25.4 Å². The Morgan fingerprint density at radius 3 is 2.23 bits per heavy atom. The predicted molar refractivity (Wildman–Crippen MR) is 110 cm³/mol. The third kappa shape index (κ3) is 4.76. The lowest BCUT2D eigenvalue weighted by atomic mass is 10.1. The van der Waals surface area contributed by atoms with Gasteiger partial charge >= 0.3 is 5.97 Å². The minimum atomic E-state index is -3.95. The third-order valence-electron chi connectivity index (χ3n) is 4.01. The van der Waals surface area contributed by atoms with E-state index in [1.54, 1.807) is 12.1 Å². The Balaban J connectivity index is 1.79. The van der Waals surface area contributed by atoms with Gasteiger partial charge in [0.05, 0.1) is 26.9 Å². The molecule has 1 amide bonds. The topological polar surface area (TPSA) is 113 Å². The van der Waals surface area contributed by atoms with Crippen molar-refractivity contribution in [1.82, 2.24) is 0 Å². The Morgan fingerprint density at radius 2 is 1.60 bits per heavy atom. The van der Waals surface area contributed by atoms with E-state index in [1.807, 2.05) is 0 Å². The first-order chi connectivity index (χ1) is 14.2. The summed E-state index contributed by atoms with van der Waals surface area (Å²) in [7, 11) is -3.95. The molecule has 3 aromatic carbocycles. The van der Waals surface area contributed by atoms with Crippen molar-refractivity contribution in [3.05, 3.63) is 88.7 Å². The summed E-state index contributed by atoms with van der Waals surface area (Å²) in [6, 6.07) is 14.2. The second kappa shape index (κ2) is 8.52. The maximum absolute atomic E-state index is 13.3. The van der Waals surface area contributed by atoms with Crippen LogP contribution in [0.3, 0.4) is 0 Å². The van der Waals surface area contributed by atoms with Crippen LogP contribution in [0.4, 0.5) is 15.8 Å². The monoisotopic (exact) mass is 448 g/mol. The summed E-state index contributed by atoms with van der Waals surface area (Å²) < 4.78 is 40.6. The maximum Gasteiger partial charge on any atom is 0.337 e. The van der Waals surface area contributed by atoms with E-state index in [0.717, 1.165) is 18.2 Å². The largest absolute Gasteiger partial charge is 0.478 e. The van der Waals surface area contributed by atoms with Crippen molar-refractivity contribution < 1.29 is 27.5 Å². The van der Waals surface area contributed by atoms with Gasteiger partial charge in [-0.15, -0.1) is 0 Å². The molecule has 0 aliphatic rings. The molecule has 154 valence electrons. The van der Waals surface area contributed by atoms with Gasteiger partial charge in [0.25, 0.3) is 15.9 Å². The molecule has 0 saturated carbocycles. The Morgan fingerprint density at radius 1 is 0.933 bits per heavy atom. The molecule has 0 fully saturated rings. The number of aromatic carboxylic acids is 1. The standard InChI is InChI=1S/C20H14ClFN2O5S/c21-16-3-1-2-4-18(16)24-30(28,29)14-8-5-12(6-9-14)19(25)23-17-10-7-13(22)11-15(17)20(26)27/h1-11,24H,(H,23,25)(H,26,27). The van der Waals surface area contributed by atoms with Crippen molar-refractivity contribution in [2.45, 2.75) is 4.90 Å². The number of benzene rings is 3. The highest BCUT2D eigenvalue weighted by atomic mass is 35.5. The van der Waals surface area contributed by atoms with E-state index >= 15 is 0 Å². The zero-order valence-corrected chi connectivity index (χ0v) is 16.7. The van der Waals surface area contributed by atoms with Crippen molar-refractivity contribution in [2.24, 2.45) is 0 Å². The highest BCUT2D eigenvalue weighted by molar-refractivity contribution is 7.92. The molecule has 0 spiro atoms. The van der Waals surface area contributed by atoms with Gasteiger partial charge in [-0.1, -0.05) is 23.7 Å². The van der Waals surface area contributed by atoms with Crippen LogP contribution in [0.2, 0.25) is 5.02 Å². The zero-order chi connectivity index (χ0) is 21.9. The van der Waals surface area contributed by atoms with Crippen LogP contribution in [0.1, 0.15) is 20.7 Å². The minimum absolute atomic E-state index is 0.0763. The van der Waals surface area contributed by atoms with E-state index in [-0.39, 0.29) is 26.9 Å². The quantitative estimate of drug-likeness (QED) is 0.522. The molecule has 0 radical (unpaired) electrons. The van der Waals surface area contributed by atoms with Gasteiger partial charge in [0.2, 0.25) is 0 Å². The molecule has 0 aliphatic heterocycles. The van der Waals surface area contributed by atoms with Crippen molar-refractivity contribution in [3.63, 3.8) is 0 Å². The summed E-state index contributed by atoms with van der Waals surface area (Å²) in [6.45, 7) is 0. The Hall–Kier alpha value is -3.43. The molecular weight excluding hydrogens is 435 g/mol. The highest BCUT2D eigenvalue weighted by Gasteiger charge is 2.18. The predicted octanol–water partition coefficient (Wildman–Crippen LogP) is 4.23. The average Bonchev–Trinajstić information content (AvgIpc) is 2.71. The zero-order valence-electron chi connectivity index (χ0n) is 15.1. The number of para-hydroxylation sites is 1. The Kier molecular flexibility index (Phi) is 6.04. The fraction of sp³-hybridized carbons (Fsp3) is 0. The molecule has 3 rings (SSSR count). The van der Waals surface area contributed by atoms with Crippen LogP contribution in [0.15, 0.2) is 71.6 Å². The number of carboxylic acids is 1. The maximum atomic E-state index is 13.3. The lowest BCUT2D eigenvalue weighted by Gasteiger charge is -2.11. The number of amides is 1. The fourth-order valence-electron chi connectivity index (χ4n) is 2.53. The summed E-state index contributed by atoms with van der Waals surface area (Å²) >= 11 is 5.96. The van der Waals surface area contributed by atoms with Gasteiger partial charge in [-0.25, -0.2) is 17.6 Å². The summed E-state index contributed by atoms with van der Waals surface area (Å²) in [6.07, 6.45) is 0. The van der Waals surface area contributed by atoms with Crippen molar-refractivity contribution in [2.75, 3.05) is 10.0 Å². The summed E-state index contributed by atoms with van der Waals surface area (Å²) in [5, 5.41) is 11.7. The van der Waals surface area contributed by atoms with E-state index in [1.165, 1.54) is 36.4 Å². The van der Waals surface area contributed by atoms with E-state index in [4.69, 9.17) is 16.7 Å². The lowest BCUT2D eigenvalue weighted by Crippen LogP contribution is -2.16. The van der Waals surface area contributed by atoms with E-state index < -0.39 is 33.3 Å². The van der Waals surface area contributed by atoms with Crippen LogP contribution in [0, 0.1) is 5.82 Å². The van der Waals surface area contributed by atoms with Gasteiger partial charge in [-0.2, -0.15) is 0 Å². The molecule has 0 bridgehead atoms. The number of carboxylic acid groups (broad SMARTS) is 1. The number of nitrogens with one attached hydrogen (secondary N) is 2. The number of hydrogen-bond donors (Lipinski definition) is 3. The number of hydrogen-bond acceptors (Lipinski definition) is 4. The molecular formula is C20H14ClFN2O5S. The van der Waals surface area contributed by atoms with Crippen LogP contribution in [-0.2, 0) is 10.0 Å². The van der Waals surface area contributed by atoms with Crippen molar-refractivity contribution in [1.29, 1.82) is 0 Å². The Labute approximate surface area is 176 Å². The van der Waals surface area contributed by atoms with Crippen molar-refractivity contribution >= 4 is 44.9 Å². The number of carbonyl (C=O) groups excluding carboxylic acids is 1. The molecule has 3 aromatic rings. The second-order valence-electron chi connectivity index (χ2n) is 6.06. The van der Waals surface area contributed by atoms with Gasteiger partial charge in [0, 0.05) is 5.56 Å². The van der Waals surface area contributed by atoms with Crippen LogP contribution in [0.5, 0.6) is 0 Å². The second-order valence-corrected chi connectivity index (χ2v) is 8.15. The number of rotatable bonds is 6. The van der Waals surface area contributed by atoms with Crippen LogP contribution >= 0.6 is 11.6 Å². The van der Waals surface area contributed by atoms with E-state index in [2.05, 4.69) is 10.0 Å². The van der Waals surface area contributed by atoms with Gasteiger partial charge in [-0.05, 0) is 54.6 Å². The number of halogens is 2. The smallest absolute Gasteiger partial charge is 0.337 e. The van der Waals surface area contributed by atoms with Gasteiger partial charge in [0.15, 0.2) is 0 Å². The normalized spacial score (nSPS) is 11.0. The number of sulfonamides is 1. The first-order valence-corrected chi connectivity index (χ1v) is 10.2. The van der Waals surface area contributed by atoms with E-state index in [0.29, 0.717) is 0 Å². The summed E-state index contributed by atoms with van der Waals surface area (Å²) in [5.74, 6) is -2.85. The number of anilines is 2. The first kappa shape index (κ1) is 21.3. The molecule has 0 aromatic heterocycles. The summed E-state index contributed by atoms with van der Waals surface area (Å²) in [5.41, 5.74) is -0.219. The van der Waals surface area contributed by atoms with Gasteiger partial charge in [-0.3, -0.25) is 9.52 Å². The first-order valence-electron chi connectivity index (χ1n) is 8.39. The molecule has 0 saturated heterocycles. The fourth-order valence-corrected chi connectivity index (χ4v) is 3.85. The number of carbonyl (C=O) groups is 2. The molecule has 0 atom stereocenters. The molecule has 0 unspecified atom stereocenters. The molecule has 10 heteroatoms. The van der Waals surface area contributed by atoms with Crippen LogP contribution in [0.25, 0.3) is 0 Å². The summed E-state index contributed by atoms with van der Waals surface area (Å²) in [4.78, 5) is 23.5. The lowest BCUT2D eigenvalue weighted by molar-refractivity contribution is 0.0697. The molecule has 0 heterocycles. The Bertz CT molecular complexity index is 1230. The average molecular weight is 449 g/mol. The van der Waals surface area contributed by atoms with Gasteiger partial charge < -0.3 is 10.4 Å². The van der Waals surface area contributed by atoms with Crippen molar-refractivity contribution in [3.8, 4) is 0 Å². The molecule has 7 nitrogen and oxygen atoms in total. The van der Waals surface area contributed by atoms with Gasteiger partial charge in [0.1, 0.15) is 5.82 Å². The third-order valence-corrected chi connectivity index (χ3v) is 5.72. The molecule has 3 N–H and O–H groups in total. The highest BCUT2D eigenvalue weighted by Crippen LogP contribution is 2.24. The molecule has 0 aliphatic carbocycles. The van der Waals surface area contributed by atoms with E-state index in [9.17, 15) is 22.4 Å². The molecule has 30 heavy (non-hydrogen) atoms.